The van der Waals surface area contributed by atoms with Crippen LogP contribution in [0.3, 0.4) is 0 Å². The number of amides is 1. The molecule has 1 saturated heterocycles. The molecule has 1 amide bonds. The Balaban J connectivity index is 2.23. The van der Waals surface area contributed by atoms with E-state index in [2.05, 4.69) is 4.99 Å². The summed E-state index contributed by atoms with van der Waals surface area (Å²) in [7, 11) is 1.83. The molecule has 0 aromatic heterocycles. The van der Waals surface area contributed by atoms with E-state index in [0.717, 1.165) is 5.56 Å². The third-order valence-electron chi connectivity index (χ3n) is 3.34. The fourth-order valence-corrected chi connectivity index (χ4v) is 2.48. The van der Waals surface area contributed by atoms with E-state index in [1.165, 1.54) is 0 Å². The van der Waals surface area contributed by atoms with Gasteiger partial charge in [0.2, 0.25) is 5.91 Å². The van der Waals surface area contributed by atoms with Crippen molar-refractivity contribution in [2.45, 2.75) is 12.5 Å². The van der Waals surface area contributed by atoms with Gasteiger partial charge in [0.25, 0.3) is 0 Å². The number of aliphatic imine (C=N–C) groups is 1. The van der Waals surface area contributed by atoms with Crippen LogP contribution in [-0.2, 0) is 4.79 Å². The number of carbonyl (C=O) groups excluding carboxylic acids is 1. The van der Waals surface area contributed by atoms with Crippen LogP contribution >= 0.6 is 0 Å². The van der Waals surface area contributed by atoms with E-state index in [0.29, 0.717) is 13.0 Å². The Kier molecular flexibility index (Phi) is 3.50. The number of hydrogen-bond acceptors (Lipinski definition) is 2. The molecule has 18 heavy (non-hydrogen) atoms. The molecule has 2 rings (SSSR count). The molecule has 5 nitrogen and oxygen atoms in total. The van der Waals surface area contributed by atoms with Crippen molar-refractivity contribution < 1.29 is 4.79 Å². The smallest absolute Gasteiger partial charge is 0.223 e. The topological polar surface area (TPSA) is 84.7 Å². The summed E-state index contributed by atoms with van der Waals surface area (Å²) in [5.74, 6) is 0.343. The highest BCUT2D eigenvalue weighted by Gasteiger charge is 2.38. The average Bonchev–Trinajstić information content (AvgIpc) is 2.64. The first-order valence-electron chi connectivity index (χ1n) is 5.95. The zero-order valence-corrected chi connectivity index (χ0v) is 10.4. The first kappa shape index (κ1) is 12.4. The van der Waals surface area contributed by atoms with E-state index in [1.807, 2.05) is 37.4 Å². The van der Waals surface area contributed by atoms with Crippen molar-refractivity contribution in [3.8, 4) is 0 Å². The van der Waals surface area contributed by atoms with Crippen molar-refractivity contribution in [2.24, 2.45) is 22.4 Å². The number of rotatable bonds is 3. The lowest BCUT2D eigenvalue weighted by Crippen LogP contribution is -2.27. The molecule has 1 aromatic rings. The first-order valence-corrected chi connectivity index (χ1v) is 5.95. The average molecular weight is 246 g/mol. The van der Waals surface area contributed by atoms with Gasteiger partial charge in [0.1, 0.15) is 0 Å². The maximum absolute atomic E-state index is 11.8. The van der Waals surface area contributed by atoms with Gasteiger partial charge < -0.3 is 16.4 Å². The molecule has 5 heteroatoms. The Hall–Kier alpha value is -2.04. The summed E-state index contributed by atoms with van der Waals surface area (Å²) in [6.07, 6.45) is 0.493. The molecule has 0 radical (unpaired) electrons. The van der Waals surface area contributed by atoms with E-state index >= 15 is 0 Å². The van der Waals surface area contributed by atoms with Gasteiger partial charge in [-0.05, 0) is 5.56 Å². The lowest BCUT2D eigenvalue weighted by molar-refractivity contribution is -0.127. The molecule has 2 atom stereocenters. The molecular formula is C13H18N4O. The minimum atomic E-state index is 0.0572. The van der Waals surface area contributed by atoms with E-state index in [9.17, 15) is 4.79 Å². The number of carbonyl (C=O) groups is 1. The number of nitrogens with zero attached hydrogens (tertiary/aromatic N) is 2. The third kappa shape index (κ3) is 2.45. The van der Waals surface area contributed by atoms with E-state index in [4.69, 9.17) is 11.5 Å². The maximum Gasteiger partial charge on any atom is 0.223 e. The van der Waals surface area contributed by atoms with E-state index in [-0.39, 0.29) is 23.8 Å². The van der Waals surface area contributed by atoms with Crippen LogP contribution in [0.4, 0.5) is 0 Å². The zero-order chi connectivity index (χ0) is 13.1. The summed E-state index contributed by atoms with van der Waals surface area (Å²) >= 11 is 0. The van der Waals surface area contributed by atoms with Gasteiger partial charge in [0, 0.05) is 25.9 Å². The van der Waals surface area contributed by atoms with Gasteiger partial charge in [0.15, 0.2) is 5.96 Å². The molecule has 0 spiro atoms. The minimum Gasteiger partial charge on any atom is -0.370 e. The Morgan fingerprint density at radius 1 is 1.39 bits per heavy atom. The zero-order valence-electron chi connectivity index (χ0n) is 10.4. The van der Waals surface area contributed by atoms with Gasteiger partial charge in [-0.1, -0.05) is 30.3 Å². The van der Waals surface area contributed by atoms with Crippen LogP contribution in [0, 0.1) is 5.92 Å². The second kappa shape index (κ2) is 5.08. The van der Waals surface area contributed by atoms with Crippen LogP contribution in [-0.4, -0.2) is 30.4 Å². The van der Waals surface area contributed by atoms with Gasteiger partial charge in [-0.25, -0.2) is 0 Å². The second-order valence-electron chi connectivity index (χ2n) is 4.59. The largest absolute Gasteiger partial charge is 0.370 e. The molecule has 0 unspecified atom stereocenters. The Morgan fingerprint density at radius 3 is 2.67 bits per heavy atom. The molecule has 1 heterocycles. The molecule has 0 aliphatic carbocycles. The highest BCUT2D eigenvalue weighted by molar-refractivity contribution is 5.79. The molecule has 1 aliphatic heterocycles. The maximum atomic E-state index is 11.8. The van der Waals surface area contributed by atoms with E-state index < -0.39 is 0 Å². The molecular weight excluding hydrogens is 228 g/mol. The van der Waals surface area contributed by atoms with Crippen LogP contribution < -0.4 is 11.5 Å². The summed E-state index contributed by atoms with van der Waals surface area (Å²) in [5.41, 5.74) is 11.8. The summed E-state index contributed by atoms with van der Waals surface area (Å²) in [5, 5.41) is 0. The van der Waals surface area contributed by atoms with Crippen LogP contribution in [0.1, 0.15) is 18.0 Å². The quantitative estimate of drug-likeness (QED) is 0.601. The van der Waals surface area contributed by atoms with E-state index in [1.54, 1.807) is 4.90 Å². The Labute approximate surface area is 106 Å². The van der Waals surface area contributed by atoms with Crippen molar-refractivity contribution in [2.75, 3.05) is 13.6 Å². The molecule has 1 aliphatic rings. The number of guanidine groups is 1. The lowest BCUT2D eigenvalue weighted by atomic mass is 9.94. The molecule has 0 saturated carbocycles. The predicted molar refractivity (Wildman–Crippen MR) is 70.7 cm³/mol. The molecule has 1 fully saturated rings. The van der Waals surface area contributed by atoms with Crippen LogP contribution in [0.15, 0.2) is 35.3 Å². The number of hydrogen-bond donors (Lipinski definition) is 2. The van der Waals surface area contributed by atoms with Gasteiger partial charge in [-0.3, -0.25) is 9.79 Å². The van der Waals surface area contributed by atoms with Crippen molar-refractivity contribution in [1.82, 2.24) is 4.90 Å². The highest BCUT2D eigenvalue weighted by Crippen LogP contribution is 2.36. The normalized spacial score (nSPS) is 23.2. The van der Waals surface area contributed by atoms with Gasteiger partial charge in [0.05, 0.1) is 6.04 Å². The van der Waals surface area contributed by atoms with Crippen molar-refractivity contribution in [3.63, 3.8) is 0 Å². The lowest BCUT2D eigenvalue weighted by Gasteiger charge is -2.24. The Morgan fingerprint density at radius 2 is 2.06 bits per heavy atom. The number of benzene rings is 1. The highest BCUT2D eigenvalue weighted by atomic mass is 16.2. The summed E-state index contributed by atoms with van der Waals surface area (Å²) in [6, 6.07) is 10.0. The van der Waals surface area contributed by atoms with Crippen molar-refractivity contribution in [3.05, 3.63) is 35.9 Å². The second-order valence-corrected chi connectivity index (χ2v) is 4.59. The summed E-state index contributed by atoms with van der Waals surface area (Å²) < 4.78 is 0. The predicted octanol–water partition coefficient (Wildman–Crippen LogP) is 0.479. The molecule has 1 aromatic carbocycles. The van der Waals surface area contributed by atoms with Crippen LogP contribution in [0.2, 0.25) is 0 Å². The first-order chi connectivity index (χ1) is 8.59. The van der Waals surface area contributed by atoms with Crippen molar-refractivity contribution >= 4 is 11.9 Å². The molecule has 96 valence electrons. The fraction of sp³-hybridized carbons (Fsp3) is 0.385. The Bertz CT molecular complexity index is 453. The summed E-state index contributed by atoms with van der Waals surface area (Å²) in [6.45, 7) is 0.484. The molecule has 0 bridgehead atoms. The number of nitrogens with two attached hydrogens (primary N) is 2. The van der Waals surface area contributed by atoms with Gasteiger partial charge >= 0.3 is 0 Å². The van der Waals surface area contributed by atoms with Crippen LogP contribution in [0.5, 0.6) is 0 Å². The van der Waals surface area contributed by atoms with Gasteiger partial charge in [-0.15, -0.1) is 0 Å². The van der Waals surface area contributed by atoms with Gasteiger partial charge in [-0.2, -0.15) is 0 Å². The standard InChI is InChI=1S/C13H18N4O/c1-17-11(18)7-10(8-16-13(14)15)12(17)9-5-3-2-4-6-9/h2-6,10,12H,7-8H2,1H3,(H4,14,15,16)/t10-,12-/m0/s1. The van der Waals surface area contributed by atoms with Crippen LogP contribution in [0.25, 0.3) is 0 Å². The molecule has 4 N–H and O–H groups in total. The summed E-state index contributed by atoms with van der Waals surface area (Å²) in [4.78, 5) is 17.7. The van der Waals surface area contributed by atoms with Crippen molar-refractivity contribution in [1.29, 1.82) is 0 Å². The fourth-order valence-electron chi connectivity index (χ4n) is 2.48. The monoisotopic (exact) mass is 246 g/mol. The third-order valence-corrected chi connectivity index (χ3v) is 3.34. The number of likely N-dealkylation sites (tertiary alicyclic amines) is 1. The SMILES string of the molecule is CN1C(=O)C[C@@H](CN=C(N)N)[C@@H]1c1ccccc1. The minimum absolute atomic E-state index is 0.0572.